The van der Waals surface area contributed by atoms with Crippen molar-refractivity contribution in [3.8, 4) is 22.9 Å². The molecule has 0 aliphatic carbocycles. The van der Waals surface area contributed by atoms with E-state index in [0.29, 0.717) is 23.1 Å². The highest BCUT2D eigenvalue weighted by molar-refractivity contribution is 5.84. The maximum absolute atomic E-state index is 13.4. The van der Waals surface area contributed by atoms with Crippen LogP contribution in [0.15, 0.2) is 83.2 Å². The molecular formula is C28H22F3N3O4. The van der Waals surface area contributed by atoms with Gasteiger partial charge >= 0.3 is 12.1 Å². The molecule has 0 aliphatic rings. The summed E-state index contributed by atoms with van der Waals surface area (Å²) in [6.45, 7) is 4.98. The molecule has 0 radical (unpaired) electrons. The van der Waals surface area contributed by atoms with Gasteiger partial charge in [0.1, 0.15) is 0 Å². The van der Waals surface area contributed by atoms with Crippen molar-refractivity contribution in [1.82, 2.24) is 9.66 Å². The maximum Gasteiger partial charge on any atom is 0.416 e. The molecule has 3 aromatic carbocycles. The van der Waals surface area contributed by atoms with Crippen LogP contribution in [0.4, 0.5) is 13.2 Å². The lowest BCUT2D eigenvalue weighted by Crippen LogP contribution is -2.20. The zero-order valence-corrected chi connectivity index (χ0v) is 20.5. The molecule has 0 amide bonds. The van der Waals surface area contributed by atoms with Crippen LogP contribution in [0.1, 0.15) is 23.6 Å². The number of alkyl halides is 3. The van der Waals surface area contributed by atoms with Gasteiger partial charge in [-0.3, -0.25) is 9.59 Å². The largest absolute Gasteiger partial charge is 0.493 e. The molecule has 0 N–H and O–H groups in total. The number of aromatic nitrogens is 2. The van der Waals surface area contributed by atoms with E-state index in [1.807, 2.05) is 0 Å². The summed E-state index contributed by atoms with van der Waals surface area (Å²) >= 11 is 0. The van der Waals surface area contributed by atoms with Crippen LogP contribution in [0.5, 0.6) is 11.5 Å². The zero-order chi connectivity index (χ0) is 27.4. The molecule has 1 aromatic heterocycles. The van der Waals surface area contributed by atoms with Crippen molar-refractivity contribution in [3.05, 3.63) is 100 Å². The molecule has 0 saturated heterocycles. The number of nitrogens with zero attached hydrogens (tertiary/aromatic N) is 3. The normalized spacial score (nSPS) is 11.6. The molecular weight excluding hydrogens is 499 g/mol. The lowest BCUT2D eigenvalue weighted by molar-refractivity contribution is -0.137. The molecule has 0 bridgehead atoms. The van der Waals surface area contributed by atoms with E-state index in [4.69, 9.17) is 9.47 Å². The average molecular weight is 521 g/mol. The molecule has 4 aromatic rings. The molecule has 0 unspecified atom stereocenters. The number of hydrogen-bond donors (Lipinski definition) is 0. The Morgan fingerprint density at radius 3 is 2.58 bits per heavy atom. The predicted molar refractivity (Wildman–Crippen MR) is 138 cm³/mol. The second kappa shape index (κ2) is 10.7. The minimum Gasteiger partial charge on any atom is -0.493 e. The molecule has 0 spiro atoms. The summed E-state index contributed by atoms with van der Waals surface area (Å²) < 4.78 is 51.9. The van der Waals surface area contributed by atoms with E-state index < -0.39 is 23.3 Å². The van der Waals surface area contributed by atoms with Gasteiger partial charge in [0.05, 0.1) is 29.8 Å². The molecule has 7 nitrogen and oxygen atoms in total. The number of allylic oxidation sites excluding steroid dienone is 1. The third-order valence-electron chi connectivity index (χ3n) is 5.51. The van der Waals surface area contributed by atoms with Crippen LogP contribution in [0.25, 0.3) is 22.3 Å². The predicted octanol–water partition coefficient (Wildman–Crippen LogP) is 5.63. The fourth-order valence-corrected chi connectivity index (χ4v) is 3.85. The molecule has 38 heavy (non-hydrogen) atoms. The lowest BCUT2D eigenvalue weighted by Gasteiger charge is -2.14. The summed E-state index contributed by atoms with van der Waals surface area (Å²) in [4.78, 5) is 29.4. The lowest BCUT2D eigenvalue weighted by atomic mass is 10.1. The summed E-state index contributed by atoms with van der Waals surface area (Å²) in [6, 6.07) is 14.3. The third-order valence-corrected chi connectivity index (χ3v) is 5.51. The monoisotopic (exact) mass is 521 g/mol. The van der Waals surface area contributed by atoms with E-state index >= 15 is 0 Å². The van der Waals surface area contributed by atoms with Gasteiger partial charge in [-0.15, -0.1) is 6.58 Å². The Hall–Kier alpha value is -4.73. The van der Waals surface area contributed by atoms with Crippen LogP contribution < -0.4 is 15.0 Å². The van der Waals surface area contributed by atoms with E-state index in [1.54, 1.807) is 42.5 Å². The summed E-state index contributed by atoms with van der Waals surface area (Å²) in [7, 11) is 1.41. The summed E-state index contributed by atoms with van der Waals surface area (Å²) in [6.07, 6.45) is -1.27. The minimum atomic E-state index is -4.58. The molecule has 4 rings (SSSR count). The molecule has 10 heteroatoms. The number of halogens is 3. The zero-order valence-electron chi connectivity index (χ0n) is 20.5. The van der Waals surface area contributed by atoms with Crippen molar-refractivity contribution in [3.63, 3.8) is 0 Å². The number of hydrogen-bond acceptors (Lipinski definition) is 6. The van der Waals surface area contributed by atoms with Crippen LogP contribution in [0, 0.1) is 0 Å². The first-order chi connectivity index (χ1) is 18.1. The van der Waals surface area contributed by atoms with Crippen LogP contribution in [0.2, 0.25) is 0 Å². The van der Waals surface area contributed by atoms with Crippen molar-refractivity contribution >= 4 is 23.1 Å². The summed E-state index contributed by atoms with van der Waals surface area (Å²) in [5, 5.41) is 4.55. The number of benzene rings is 3. The Balaban J connectivity index is 1.91. The standard InChI is InChI=1S/C28H22F3N3O4/c1-4-8-19-13-18(14-24(37-3)25(19)38-17(2)35)16-32-34-26(20-9-7-10-21(15-20)28(29,30)31)33-23-12-6-5-11-22(23)27(34)36/h4-7,9-16H,1,8H2,2-3H3. The SMILES string of the molecule is C=CCc1cc(C=Nn2c(-c3cccc(C(F)(F)F)c3)nc3ccccc3c2=O)cc(OC)c1OC(C)=O. The van der Waals surface area contributed by atoms with E-state index in [1.165, 1.54) is 32.4 Å². The Morgan fingerprint density at radius 2 is 1.89 bits per heavy atom. The summed E-state index contributed by atoms with van der Waals surface area (Å²) in [5.74, 6) is -0.116. The minimum absolute atomic E-state index is 0.0640. The number of rotatable bonds is 7. The highest BCUT2D eigenvalue weighted by Gasteiger charge is 2.31. The number of carbonyl (C=O) groups is 1. The van der Waals surface area contributed by atoms with Gasteiger partial charge in [-0.1, -0.05) is 30.3 Å². The number of esters is 1. The molecule has 0 atom stereocenters. The van der Waals surface area contributed by atoms with Gasteiger partial charge in [-0.05, 0) is 48.4 Å². The van der Waals surface area contributed by atoms with Crippen molar-refractivity contribution in [2.75, 3.05) is 7.11 Å². The Bertz CT molecular complexity index is 1620. The van der Waals surface area contributed by atoms with Crippen molar-refractivity contribution < 1.29 is 27.4 Å². The number of methoxy groups -OCH3 is 1. The van der Waals surface area contributed by atoms with Crippen molar-refractivity contribution in [2.45, 2.75) is 19.5 Å². The average Bonchev–Trinajstić information content (AvgIpc) is 2.88. The van der Waals surface area contributed by atoms with Gasteiger partial charge in [0.2, 0.25) is 0 Å². The molecule has 0 aliphatic heterocycles. The van der Waals surface area contributed by atoms with Crippen LogP contribution in [0.3, 0.4) is 0 Å². The maximum atomic E-state index is 13.4. The first-order valence-electron chi connectivity index (χ1n) is 11.4. The smallest absolute Gasteiger partial charge is 0.416 e. The van der Waals surface area contributed by atoms with E-state index in [-0.39, 0.29) is 28.3 Å². The van der Waals surface area contributed by atoms with E-state index in [2.05, 4.69) is 16.7 Å². The van der Waals surface area contributed by atoms with Crippen LogP contribution >= 0.6 is 0 Å². The molecule has 0 fully saturated rings. The van der Waals surface area contributed by atoms with Gasteiger partial charge < -0.3 is 9.47 Å². The second-order valence-electron chi connectivity index (χ2n) is 8.19. The number of para-hydroxylation sites is 1. The quantitative estimate of drug-likeness (QED) is 0.136. The van der Waals surface area contributed by atoms with Gasteiger partial charge in [0.25, 0.3) is 5.56 Å². The van der Waals surface area contributed by atoms with Crippen LogP contribution in [-0.2, 0) is 17.4 Å². The number of carbonyl (C=O) groups excluding carboxylic acids is 1. The third kappa shape index (κ3) is 5.49. The molecule has 194 valence electrons. The second-order valence-corrected chi connectivity index (χ2v) is 8.19. The Labute approximate surface area is 215 Å². The number of fused-ring (bicyclic) bond motifs is 1. The highest BCUT2D eigenvalue weighted by atomic mass is 19.4. The van der Waals surface area contributed by atoms with Gasteiger partial charge in [-0.25, -0.2) is 4.98 Å². The Kier molecular flexibility index (Phi) is 7.43. The van der Waals surface area contributed by atoms with Crippen molar-refractivity contribution in [1.29, 1.82) is 0 Å². The fraction of sp³-hybridized carbons (Fsp3) is 0.143. The van der Waals surface area contributed by atoms with E-state index in [0.717, 1.165) is 16.8 Å². The summed E-state index contributed by atoms with van der Waals surface area (Å²) in [5.41, 5.74) is -0.00314. The molecule has 0 saturated carbocycles. The van der Waals surface area contributed by atoms with E-state index in [9.17, 15) is 22.8 Å². The fourth-order valence-electron chi connectivity index (χ4n) is 3.85. The van der Waals surface area contributed by atoms with Crippen molar-refractivity contribution in [2.24, 2.45) is 5.10 Å². The first-order valence-corrected chi connectivity index (χ1v) is 11.4. The Morgan fingerprint density at radius 1 is 1.13 bits per heavy atom. The highest BCUT2D eigenvalue weighted by Crippen LogP contribution is 2.34. The van der Waals surface area contributed by atoms with Crippen LogP contribution in [-0.4, -0.2) is 29.0 Å². The van der Waals surface area contributed by atoms with Gasteiger partial charge in [-0.2, -0.15) is 22.9 Å². The van der Waals surface area contributed by atoms with Gasteiger partial charge in [0, 0.05) is 18.1 Å². The van der Waals surface area contributed by atoms with Gasteiger partial charge in [0.15, 0.2) is 17.3 Å². The number of ether oxygens (including phenoxy) is 2. The first kappa shape index (κ1) is 26.3. The molecule has 1 heterocycles. The topological polar surface area (TPSA) is 82.8 Å².